The van der Waals surface area contributed by atoms with Gasteiger partial charge in [-0.1, -0.05) is 30.3 Å². The third-order valence-electron chi connectivity index (χ3n) is 4.50. The van der Waals surface area contributed by atoms with E-state index in [2.05, 4.69) is 11.4 Å². The zero-order chi connectivity index (χ0) is 19.9. The summed E-state index contributed by atoms with van der Waals surface area (Å²) < 4.78 is 4.97. The maximum atomic E-state index is 12.3. The number of nitriles is 1. The Morgan fingerprint density at radius 2 is 2.14 bits per heavy atom. The van der Waals surface area contributed by atoms with E-state index in [9.17, 15) is 14.9 Å². The van der Waals surface area contributed by atoms with Gasteiger partial charge in [0.2, 0.25) is 11.8 Å². The standard InChI is InChI=1S/C21H21N3O3S/c1-27-12-10-20(26)24-11-9-16-17(13-22)21(28-18(16)14-24)23-19(25)8-7-15-5-3-2-4-6-15/h2-8H,9-12,14H2,1H3,(H,23,25)/b8-7+. The average Bonchev–Trinajstić information content (AvgIpc) is 3.07. The minimum atomic E-state index is -0.285. The summed E-state index contributed by atoms with van der Waals surface area (Å²) in [6, 6.07) is 11.7. The van der Waals surface area contributed by atoms with Crippen LogP contribution in [0.2, 0.25) is 0 Å². The maximum absolute atomic E-state index is 12.3. The van der Waals surface area contributed by atoms with E-state index in [0.717, 1.165) is 16.0 Å². The van der Waals surface area contributed by atoms with Crippen LogP contribution in [-0.4, -0.2) is 37.0 Å². The minimum Gasteiger partial charge on any atom is -0.384 e. The maximum Gasteiger partial charge on any atom is 0.249 e. The van der Waals surface area contributed by atoms with Crippen LogP contribution in [0.3, 0.4) is 0 Å². The van der Waals surface area contributed by atoms with Crippen LogP contribution in [0.1, 0.15) is 28.0 Å². The number of fused-ring (bicyclic) bond motifs is 1. The molecule has 0 unspecified atom stereocenters. The number of ether oxygens (including phenoxy) is 1. The fourth-order valence-electron chi connectivity index (χ4n) is 3.06. The van der Waals surface area contributed by atoms with E-state index in [1.54, 1.807) is 18.1 Å². The van der Waals surface area contributed by atoms with E-state index < -0.39 is 0 Å². The van der Waals surface area contributed by atoms with E-state index in [1.807, 2.05) is 30.3 Å². The highest BCUT2D eigenvalue weighted by Gasteiger charge is 2.27. The van der Waals surface area contributed by atoms with Crippen LogP contribution in [0.4, 0.5) is 5.00 Å². The predicted molar refractivity (Wildman–Crippen MR) is 109 cm³/mol. The summed E-state index contributed by atoms with van der Waals surface area (Å²) in [5.74, 6) is -0.247. The van der Waals surface area contributed by atoms with Crippen molar-refractivity contribution < 1.29 is 14.3 Å². The van der Waals surface area contributed by atoms with Gasteiger partial charge in [-0.15, -0.1) is 11.3 Å². The summed E-state index contributed by atoms with van der Waals surface area (Å²) in [4.78, 5) is 27.2. The van der Waals surface area contributed by atoms with Crippen molar-refractivity contribution in [2.45, 2.75) is 19.4 Å². The Bertz CT molecular complexity index is 928. The molecule has 1 N–H and O–H groups in total. The van der Waals surface area contributed by atoms with Gasteiger partial charge in [-0.25, -0.2) is 0 Å². The van der Waals surface area contributed by atoms with Crippen molar-refractivity contribution in [1.29, 1.82) is 5.26 Å². The van der Waals surface area contributed by atoms with Gasteiger partial charge in [-0.05, 0) is 23.6 Å². The number of hydrogen-bond donors (Lipinski definition) is 1. The summed E-state index contributed by atoms with van der Waals surface area (Å²) in [6.07, 6.45) is 4.14. The van der Waals surface area contributed by atoms with Gasteiger partial charge in [0.05, 0.1) is 25.1 Å². The van der Waals surface area contributed by atoms with Crippen molar-refractivity contribution in [3.8, 4) is 6.07 Å². The van der Waals surface area contributed by atoms with Crippen molar-refractivity contribution >= 4 is 34.2 Å². The van der Waals surface area contributed by atoms with Crippen molar-refractivity contribution in [2.75, 3.05) is 25.6 Å². The van der Waals surface area contributed by atoms with E-state index in [1.165, 1.54) is 17.4 Å². The molecule has 2 aromatic rings. The number of carbonyl (C=O) groups is 2. The Hall–Kier alpha value is -2.95. The molecular formula is C21H21N3O3S. The number of methoxy groups -OCH3 is 1. The molecule has 0 fully saturated rings. The molecule has 2 heterocycles. The highest BCUT2D eigenvalue weighted by molar-refractivity contribution is 7.16. The normalized spacial score (nSPS) is 13.2. The van der Waals surface area contributed by atoms with Gasteiger partial charge >= 0.3 is 0 Å². The molecule has 2 amide bonds. The molecule has 0 radical (unpaired) electrons. The number of rotatable bonds is 6. The second kappa shape index (κ2) is 9.31. The number of hydrogen-bond acceptors (Lipinski definition) is 5. The lowest BCUT2D eigenvalue weighted by atomic mass is 10.0. The molecule has 144 valence electrons. The first-order chi connectivity index (χ1) is 13.6. The largest absolute Gasteiger partial charge is 0.384 e. The third kappa shape index (κ3) is 4.66. The van der Waals surface area contributed by atoms with Crippen LogP contribution in [0, 0.1) is 11.3 Å². The first-order valence-corrected chi connectivity index (χ1v) is 9.79. The highest BCUT2D eigenvalue weighted by Crippen LogP contribution is 2.36. The summed E-state index contributed by atoms with van der Waals surface area (Å²) in [5, 5.41) is 12.9. The quantitative estimate of drug-likeness (QED) is 0.762. The van der Waals surface area contributed by atoms with Crippen molar-refractivity contribution in [3.05, 3.63) is 58.0 Å². The SMILES string of the molecule is COCCC(=O)N1CCc2c(sc(NC(=O)/C=C/c3ccccc3)c2C#N)C1. The Kier molecular flexibility index (Phi) is 6.58. The number of benzene rings is 1. The zero-order valence-corrected chi connectivity index (χ0v) is 16.4. The highest BCUT2D eigenvalue weighted by atomic mass is 32.1. The third-order valence-corrected chi connectivity index (χ3v) is 5.64. The molecular weight excluding hydrogens is 374 g/mol. The van der Waals surface area contributed by atoms with Gasteiger partial charge < -0.3 is 15.0 Å². The first kappa shape index (κ1) is 19.8. The van der Waals surface area contributed by atoms with Crippen molar-refractivity contribution in [3.63, 3.8) is 0 Å². The van der Waals surface area contributed by atoms with Gasteiger partial charge in [0.15, 0.2) is 0 Å². The zero-order valence-electron chi connectivity index (χ0n) is 15.6. The molecule has 0 bridgehead atoms. The Morgan fingerprint density at radius 3 is 2.86 bits per heavy atom. The smallest absolute Gasteiger partial charge is 0.249 e. The fourth-order valence-corrected chi connectivity index (χ4v) is 4.28. The van der Waals surface area contributed by atoms with Gasteiger partial charge in [-0.2, -0.15) is 5.26 Å². The summed E-state index contributed by atoms with van der Waals surface area (Å²) >= 11 is 1.37. The Labute approximate surface area is 168 Å². The number of carbonyl (C=O) groups excluding carboxylic acids is 2. The molecule has 7 heteroatoms. The molecule has 0 spiro atoms. The monoisotopic (exact) mass is 395 g/mol. The van der Waals surface area contributed by atoms with Gasteiger partial charge in [-0.3, -0.25) is 9.59 Å². The number of nitrogens with zero attached hydrogens (tertiary/aromatic N) is 2. The molecule has 28 heavy (non-hydrogen) atoms. The van der Waals surface area contributed by atoms with Crippen LogP contribution in [0.25, 0.3) is 6.08 Å². The van der Waals surface area contributed by atoms with Crippen molar-refractivity contribution in [2.24, 2.45) is 0 Å². The average molecular weight is 395 g/mol. The summed E-state index contributed by atoms with van der Waals surface area (Å²) in [6.45, 7) is 1.43. The summed E-state index contributed by atoms with van der Waals surface area (Å²) in [5.41, 5.74) is 2.37. The molecule has 1 aliphatic heterocycles. The number of thiophene rings is 1. The fraction of sp³-hybridized carbons (Fsp3) is 0.286. The topological polar surface area (TPSA) is 82.4 Å². The molecule has 0 saturated heterocycles. The van der Waals surface area contributed by atoms with E-state index >= 15 is 0 Å². The second-order valence-electron chi connectivity index (χ2n) is 6.36. The molecule has 0 atom stereocenters. The van der Waals surface area contributed by atoms with Crippen molar-refractivity contribution in [1.82, 2.24) is 4.90 Å². The number of anilines is 1. The second-order valence-corrected chi connectivity index (χ2v) is 7.47. The van der Waals surface area contributed by atoms with E-state index in [-0.39, 0.29) is 11.8 Å². The minimum absolute atomic E-state index is 0.0378. The van der Waals surface area contributed by atoms with E-state index in [0.29, 0.717) is 43.1 Å². The lowest BCUT2D eigenvalue weighted by molar-refractivity contribution is -0.133. The first-order valence-electron chi connectivity index (χ1n) is 8.98. The van der Waals surface area contributed by atoms with E-state index in [4.69, 9.17) is 4.74 Å². The lowest BCUT2D eigenvalue weighted by Crippen LogP contribution is -2.35. The Morgan fingerprint density at radius 1 is 1.36 bits per heavy atom. The molecule has 1 aromatic carbocycles. The molecule has 6 nitrogen and oxygen atoms in total. The molecule has 0 aliphatic carbocycles. The van der Waals surface area contributed by atoms with Crippen LogP contribution in [0.15, 0.2) is 36.4 Å². The lowest BCUT2D eigenvalue weighted by Gasteiger charge is -2.27. The van der Waals surface area contributed by atoms with Crippen LogP contribution < -0.4 is 5.32 Å². The van der Waals surface area contributed by atoms with Crippen LogP contribution >= 0.6 is 11.3 Å². The molecule has 3 rings (SSSR count). The van der Waals surface area contributed by atoms with Crippen LogP contribution in [-0.2, 0) is 27.3 Å². The number of amides is 2. The summed E-state index contributed by atoms with van der Waals surface area (Å²) in [7, 11) is 1.57. The van der Waals surface area contributed by atoms with Crippen LogP contribution in [0.5, 0.6) is 0 Å². The number of nitrogens with one attached hydrogen (secondary N) is 1. The van der Waals surface area contributed by atoms with Gasteiger partial charge in [0, 0.05) is 24.6 Å². The van der Waals surface area contributed by atoms with Gasteiger partial charge in [0.1, 0.15) is 11.1 Å². The molecule has 1 aromatic heterocycles. The molecule has 0 saturated carbocycles. The predicted octanol–water partition coefficient (Wildman–Crippen LogP) is 3.19. The van der Waals surface area contributed by atoms with Gasteiger partial charge in [0.25, 0.3) is 0 Å². The molecule has 1 aliphatic rings. The Balaban J connectivity index is 1.71.